The van der Waals surface area contributed by atoms with E-state index in [1.165, 1.54) is 12.1 Å². The summed E-state index contributed by atoms with van der Waals surface area (Å²) in [7, 11) is 0. The monoisotopic (exact) mass is 366 g/mol. The van der Waals surface area contributed by atoms with Crippen molar-refractivity contribution < 1.29 is 26.8 Å². The molecule has 0 bridgehead atoms. The van der Waals surface area contributed by atoms with Gasteiger partial charge in [-0.1, -0.05) is 23.4 Å². The summed E-state index contributed by atoms with van der Waals surface area (Å²) in [6.45, 7) is 3.57. The van der Waals surface area contributed by atoms with Crippen molar-refractivity contribution in [3.05, 3.63) is 54.2 Å². The summed E-state index contributed by atoms with van der Waals surface area (Å²) in [4.78, 5) is 3.43. The van der Waals surface area contributed by atoms with Crippen LogP contribution in [0.2, 0.25) is 0 Å². The molecular weight excluding hydrogens is 352 g/mol. The summed E-state index contributed by atoms with van der Waals surface area (Å²) in [5, 5.41) is 3.42. The average Bonchev–Trinajstić information content (AvgIpc) is 3.06. The van der Waals surface area contributed by atoms with E-state index in [2.05, 4.69) is 14.7 Å². The predicted molar refractivity (Wildman–Crippen MR) is 85.9 cm³/mol. The first-order chi connectivity index (χ1) is 12.2. The highest BCUT2D eigenvalue weighted by Crippen LogP contribution is 2.36. The Hall–Kier alpha value is -2.90. The molecule has 1 heterocycles. The number of nitrogens with zero attached hydrogens (tertiary/aromatic N) is 2. The molecule has 0 atom stereocenters. The van der Waals surface area contributed by atoms with E-state index in [9.17, 15) is 17.6 Å². The van der Waals surface area contributed by atoms with E-state index in [-0.39, 0.29) is 23.3 Å². The fourth-order valence-electron chi connectivity index (χ4n) is 2.33. The Kier molecular flexibility index (Phi) is 4.67. The first kappa shape index (κ1) is 17.9. The van der Waals surface area contributed by atoms with Crippen LogP contribution in [0.1, 0.15) is 19.7 Å². The van der Waals surface area contributed by atoms with Crippen LogP contribution in [0.5, 0.6) is 5.75 Å². The van der Waals surface area contributed by atoms with Crippen LogP contribution in [0.3, 0.4) is 0 Å². The van der Waals surface area contributed by atoms with E-state index >= 15 is 0 Å². The zero-order valence-electron chi connectivity index (χ0n) is 13.8. The lowest BCUT2D eigenvalue weighted by atomic mass is 10.0. The summed E-state index contributed by atoms with van der Waals surface area (Å²) < 4.78 is 61.3. The molecule has 0 aliphatic rings. The van der Waals surface area contributed by atoms with E-state index < -0.39 is 12.1 Å². The minimum absolute atomic E-state index is 0.209. The van der Waals surface area contributed by atoms with Gasteiger partial charge in [0.2, 0.25) is 5.82 Å². The van der Waals surface area contributed by atoms with Gasteiger partial charge in [-0.2, -0.15) is 18.2 Å². The van der Waals surface area contributed by atoms with Crippen LogP contribution in [0.4, 0.5) is 17.6 Å². The van der Waals surface area contributed by atoms with Gasteiger partial charge in [0.05, 0.1) is 11.7 Å². The number of rotatable bonds is 4. The minimum atomic E-state index is -4.74. The molecule has 8 heteroatoms. The maximum atomic E-state index is 13.1. The normalized spacial score (nSPS) is 11.8. The number of alkyl halides is 3. The first-order valence-corrected chi connectivity index (χ1v) is 7.72. The molecule has 0 spiro atoms. The van der Waals surface area contributed by atoms with Gasteiger partial charge in [-0.05, 0) is 49.2 Å². The molecule has 0 saturated heterocycles. The van der Waals surface area contributed by atoms with Gasteiger partial charge in [-0.3, -0.25) is 0 Å². The van der Waals surface area contributed by atoms with E-state index in [1.807, 2.05) is 0 Å². The molecule has 136 valence electrons. The van der Waals surface area contributed by atoms with Crippen molar-refractivity contribution in [1.29, 1.82) is 0 Å². The van der Waals surface area contributed by atoms with Crippen LogP contribution in [0, 0.1) is 5.82 Å². The lowest BCUT2D eigenvalue weighted by Crippen LogP contribution is -2.07. The highest BCUT2D eigenvalue weighted by molar-refractivity contribution is 5.74. The molecule has 3 aromatic rings. The van der Waals surface area contributed by atoms with Gasteiger partial charge in [0, 0.05) is 0 Å². The Morgan fingerprint density at radius 3 is 2.23 bits per heavy atom. The number of ether oxygens (including phenoxy) is 1. The van der Waals surface area contributed by atoms with Crippen molar-refractivity contribution in [3.63, 3.8) is 0 Å². The molecule has 0 saturated carbocycles. The largest absolute Gasteiger partial charge is 0.490 e. The second-order valence-electron chi connectivity index (χ2n) is 5.81. The Morgan fingerprint density at radius 2 is 1.65 bits per heavy atom. The SMILES string of the molecule is CC(C)Oc1ccc(-c2ccc(F)cc2)cc1-c1noc(C(F)(F)F)n1. The van der Waals surface area contributed by atoms with E-state index in [0.29, 0.717) is 16.9 Å². The molecule has 0 amide bonds. The van der Waals surface area contributed by atoms with Crippen molar-refractivity contribution in [2.75, 3.05) is 0 Å². The van der Waals surface area contributed by atoms with E-state index in [1.54, 1.807) is 44.2 Å². The maximum Gasteiger partial charge on any atom is 0.471 e. The zero-order chi connectivity index (χ0) is 18.9. The van der Waals surface area contributed by atoms with Crippen LogP contribution < -0.4 is 4.74 Å². The second kappa shape index (κ2) is 6.78. The summed E-state index contributed by atoms with van der Waals surface area (Å²) in [5.74, 6) is -1.74. The third-order valence-corrected chi connectivity index (χ3v) is 3.43. The van der Waals surface area contributed by atoms with Gasteiger partial charge in [0.25, 0.3) is 0 Å². The Labute approximate surface area is 146 Å². The fourth-order valence-corrected chi connectivity index (χ4v) is 2.33. The molecule has 0 fully saturated rings. The molecule has 4 nitrogen and oxygen atoms in total. The van der Waals surface area contributed by atoms with Gasteiger partial charge in [-0.15, -0.1) is 0 Å². The lowest BCUT2D eigenvalue weighted by Gasteiger charge is -2.14. The van der Waals surface area contributed by atoms with E-state index in [4.69, 9.17) is 4.74 Å². The summed E-state index contributed by atoms with van der Waals surface area (Å²) in [6, 6.07) is 10.6. The van der Waals surface area contributed by atoms with Crippen LogP contribution in [-0.2, 0) is 6.18 Å². The zero-order valence-corrected chi connectivity index (χ0v) is 13.8. The third kappa shape index (κ3) is 3.84. The third-order valence-electron chi connectivity index (χ3n) is 3.43. The summed E-state index contributed by atoms with van der Waals surface area (Å²) >= 11 is 0. The molecule has 0 N–H and O–H groups in total. The van der Waals surface area contributed by atoms with E-state index in [0.717, 1.165) is 0 Å². The molecule has 0 unspecified atom stereocenters. The smallest absolute Gasteiger partial charge is 0.471 e. The minimum Gasteiger partial charge on any atom is -0.490 e. The van der Waals surface area contributed by atoms with Gasteiger partial charge >= 0.3 is 12.1 Å². The van der Waals surface area contributed by atoms with Crippen LogP contribution in [0.15, 0.2) is 47.0 Å². The molecule has 26 heavy (non-hydrogen) atoms. The van der Waals surface area contributed by atoms with Crippen molar-refractivity contribution in [2.45, 2.75) is 26.1 Å². The van der Waals surface area contributed by atoms with Crippen LogP contribution in [-0.4, -0.2) is 16.2 Å². The maximum absolute atomic E-state index is 13.1. The quantitative estimate of drug-likeness (QED) is 0.584. The molecule has 0 radical (unpaired) electrons. The second-order valence-corrected chi connectivity index (χ2v) is 5.81. The van der Waals surface area contributed by atoms with Crippen molar-refractivity contribution in [1.82, 2.24) is 10.1 Å². The molecule has 3 rings (SSSR count). The lowest BCUT2D eigenvalue weighted by molar-refractivity contribution is -0.159. The van der Waals surface area contributed by atoms with Crippen molar-refractivity contribution in [3.8, 4) is 28.3 Å². The van der Waals surface area contributed by atoms with Crippen molar-refractivity contribution in [2.24, 2.45) is 0 Å². The standard InChI is InChI=1S/C18H14F4N2O2/c1-10(2)25-15-8-5-12(11-3-6-13(19)7-4-11)9-14(15)16-23-17(26-24-16)18(20,21)22/h3-10H,1-2H3. The average molecular weight is 366 g/mol. The van der Waals surface area contributed by atoms with Crippen LogP contribution >= 0.6 is 0 Å². The Bertz CT molecular complexity index is 902. The number of aromatic nitrogens is 2. The Morgan fingerprint density at radius 1 is 1.00 bits per heavy atom. The molecule has 0 aliphatic carbocycles. The molecule has 2 aromatic carbocycles. The van der Waals surface area contributed by atoms with Gasteiger partial charge in [0.1, 0.15) is 11.6 Å². The Balaban J connectivity index is 2.09. The number of halogens is 4. The molecule has 0 aliphatic heterocycles. The number of hydrogen-bond donors (Lipinski definition) is 0. The topological polar surface area (TPSA) is 48.2 Å². The summed E-state index contributed by atoms with van der Waals surface area (Å²) in [6.07, 6.45) is -4.95. The molecule has 1 aromatic heterocycles. The highest BCUT2D eigenvalue weighted by atomic mass is 19.4. The first-order valence-electron chi connectivity index (χ1n) is 7.72. The highest BCUT2D eigenvalue weighted by Gasteiger charge is 2.38. The van der Waals surface area contributed by atoms with Crippen LogP contribution in [0.25, 0.3) is 22.5 Å². The van der Waals surface area contributed by atoms with Gasteiger partial charge in [0.15, 0.2) is 0 Å². The van der Waals surface area contributed by atoms with Crippen molar-refractivity contribution >= 4 is 0 Å². The van der Waals surface area contributed by atoms with Gasteiger partial charge in [-0.25, -0.2) is 4.39 Å². The fraction of sp³-hybridized carbons (Fsp3) is 0.222. The summed E-state index contributed by atoms with van der Waals surface area (Å²) in [5.41, 5.74) is 1.58. The predicted octanol–water partition coefficient (Wildman–Crippen LogP) is 5.35. The van der Waals surface area contributed by atoms with Gasteiger partial charge < -0.3 is 9.26 Å². The number of hydrogen-bond acceptors (Lipinski definition) is 4. The molecular formula is C18H14F4N2O2. The number of benzene rings is 2.